The number of rotatable bonds is 5. The molecule has 0 bridgehead atoms. The summed E-state index contributed by atoms with van der Waals surface area (Å²) in [6.07, 6.45) is 4.49. The molecule has 2 heteroatoms. The van der Waals surface area contributed by atoms with Crippen LogP contribution in [0, 0.1) is 0 Å². The number of fused-ring (bicyclic) bond motifs is 1. The summed E-state index contributed by atoms with van der Waals surface area (Å²) in [5.41, 5.74) is 2.68. The third kappa shape index (κ3) is 4.70. The van der Waals surface area contributed by atoms with Gasteiger partial charge < -0.3 is 16.9 Å². The van der Waals surface area contributed by atoms with Gasteiger partial charge in [0.2, 0.25) is 0 Å². The molecule has 3 rings (SSSR count). The highest BCUT2D eigenvalue weighted by Gasteiger charge is 2.15. The lowest BCUT2D eigenvalue weighted by molar-refractivity contribution is -0.897. The smallest absolute Gasteiger partial charge is 0.105 e. The zero-order valence-corrected chi connectivity index (χ0v) is 15.1. The highest BCUT2D eigenvalue weighted by atomic mass is 35.5. The average molecular weight is 338 g/mol. The number of hydrogen-bond donors (Lipinski definition) is 0. The SMILES string of the molecule is C[N+](C)(C/C=C/c1ccccc1)Cc1cccc2ccccc12.[Cl-]. The number of quaternary nitrogens is 1. The van der Waals surface area contributed by atoms with Crippen molar-refractivity contribution >= 4 is 16.8 Å². The zero-order chi connectivity index (χ0) is 16.1. The van der Waals surface area contributed by atoms with E-state index in [1.54, 1.807) is 0 Å². The van der Waals surface area contributed by atoms with E-state index in [2.05, 4.69) is 99.0 Å². The van der Waals surface area contributed by atoms with Gasteiger partial charge in [-0.2, -0.15) is 0 Å². The largest absolute Gasteiger partial charge is 1.00 e. The summed E-state index contributed by atoms with van der Waals surface area (Å²) in [6, 6.07) is 25.7. The Bertz CT molecular complexity index is 801. The minimum atomic E-state index is 0. The molecule has 0 spiro atoms. The van der Waals surface area contributed by atoms with Crippen LogP contribution in [0.5, 0.6) is 0 Å². The Balaban J connectivity index is 0.00000208. The Morgan fingerprint density at radius 2 is 1.46 bits per heavy atom. The Morgan fingerprint density at radius 1 is 0.792 bits per heavy atom. The van der Waals surface area contributed by atoms with Crippen LogP contribution in [0.3, 0.4) is 0 Å². The number of hydrogen-bond acceptors (Lipinski definition) is 0. The van der Waals surface area contributed by atoms with E-state index in [1.807, 2.05) is 0 Å². The molecule has 0 aliphatic rings. The first-order valence-electron chi connectivity index (χ1n) is 8.14. The molecule has 1 nitrogen and oxygen atoms in total. The van der Waals surface area contributed by atoms with E-state index in [9.17, 15) is 0 Å². The van der Waals surface area contributed by atoms with E-state index >= 15 is 0 Å². The summed E-state index contributed by atoms with van der Waals surface area (Å²) in [6.45, 7) is 2.04. The lowest BCUT2D eigenvalue weighted by atomic mass is 10.0. The van der Waals surface area contributed by atoms with Crippen molar-refractivity contribution in [2.24, 2.45) is 0 Å². The number of benzene rings is 3. The second kappa shape index (κ2) is 8.14. The fourth-order valence-electron chi connectivity index (χ4n) is 2.99. The van der Waals surface area contributed by atoms with Gasteiger partial charge in [0.25, 0.3) is 0 Å². The molecule has 0 aromatic heterocycles. The van der Waals surface area contributed by atoms with Crippen LogP contribution in [0.4, 0.5) is 0 Å². The number of likely N-dealkylation sites (N-methyl/N-ethyl adjacent to an activating group) is 1. The predicted octanol–water partition coefficient (Wildman–Crippen LogP) is 2.13. The number of halogens is 1. The van der Waals surface area contributed by atoms with Crippen LogP contribution < -0.4 is 12.4 Å². The molecule has 0 aliphatic carbocycles. The molecule has 0 amide bonds. The van der Waals surface area contributed by atoms with Gasteiger partial charge in [0.15, 0.2) is 0 Å². The lowest BCUT2D eigenvalue weighted by Gasteiger charge is -2.29. The van der Waals surface area contributed by atoms with Crippen molar-refractivity contribution in [1.29, 1.82) is 0 Å². The molecule has 0 radical (unpaired) electrons. The standard InChI is InChI=1S/C22H24N.ClH/c1-23(2,17-9-12-19-10-4-3-5-11-19)18-21-15-8-14-20-13-6-7-16-22(20)21;/h3-16H,17-18H2,1-2H3;1H/q+1;/p-1/b12-9+;. The third-order valence-electron chi connectivity index (χ3n) is 4.19. The van der Waals surface area contributed by atoms with Crippen LogP contribution in [-0.4, -0.2) is 25.1 Å². The van der Waals surface area contributed by atoms with Crippen LogP contribution in [0.1, 0.15) is 11.1 Å². The fourth-order valence-corrected chi connectivity index (χ4v) is 2.99. The van der Waals surface area contributed by atoms with E-state index in [0.29, 0.717) is 0 Å². The molecule has 0 fully saturated rings. The van der Waals surface area contributed by atoms with E-state index < -0.39 is 0 Å². The number of nitrogens with zero attached hydrogens (tertiary/aromatic N) is 1. The molecular formula is C22H24ClN. The van der Waals surface area contributed by atoms with E-state index in [-0.39, 0.29) is 12.4 Å². The summed E-state index contributed by atoms with van der Waals surface area (Å²) < 4.78 is 0.942. The Labute approximate surface area is 151 Å². The van der Waals surface area contributed by atoms with Gasteiger partial charge in [-0.25, -0.2) is 0 Å². The molecule has 0 heterocycles. The van der Waals surface area contributed by atoms with Crippen molar-refractivity contribution in [2.75, 3.05) is 20.6 Å². The van der Waals surface area contributed by atoms with Gasteiger partial charge in [-0.3, -0.25) is 0 Å². The molecule has 0 N–H and O–H groups in total. The second-order valence-corrected chi connectivity index (χ2v) is 6.73. The van der Waals surface area contributed by atoms with E-state index in [4.69, 9.17) is 0 Å². The molecule has 0 saturated carbocycles. The van der Waals surface area contributed by atoms with E-state index in [1.165, 1.54) is 21.9 Å². The quantitative estimate of drug-likeness (QED) is 0.626. The van der Waals surface area contributed by atoms with Gasteiger partial charge in [-0.1, -0.05) is 78.9 Å². The monoisotopic (exact) mass is 337 g/mol. The maximum absolute atomic E-state index is 2.29. The summed E-state index contributed by atoms with van der Waals surface area (Å²) >= 11 is 0. The van der Waals surface area contributed by atoms with Gasteiger partial charge in [-0.15, -0.1) is 0 Å². The zero-order valence-electron chi connectivity index (χ0n) is 14.3. The first-order valence-corrected chi connectivity index (χ1v) is 8.14. The first kappa shape index (κ1) is 18.3. The van der Waals surface area contributed by atoms with Gasteiger partial charge in [-0.05, 0) is 22.4 Å². The van der Waals surface area contributed by atoms with Crippen LogP contribution in [-0.2, 0) is 6.54 Å². The normalized spacial score (nSPS) is 11.6. The summed E-state index contributed by atoms with van der Waals surface area (Å²) in [7, 11) is 4.58. The average Bonchev–Trinajstić information content (AvgIpc) is 2.56. The molecule has 0 unspecified atom stereocenters. The Hall–Kier alpha value is -2.09. The van der Waals surface area contributed by atoms with Gasteiger partial charge >= 0.3 is 0 Å². The van der Waals surface area contributed by atoms with Crippen molar-refractivity contribution in [3.05, 3.63) is 90.0 Å². The van der Waals surface area contributed by atoms with Crippen LogP contribution >= 0.6 is 0 Å². The maximum Gasteiger partial charge on any atom is 0.105 e. The highest BCUT2D eigenvalue weighted by molar-refractivity contribution is 5.85. The third-order valence-corrected chi connectivity index (χ3v) is 4.19. The lowest BCUT2D eigenvalue weighted by Crippen LogP contribution is -3.00. The van der Waals surface area contributed by atoms with Crippen LogP contribution in [0.15, 0.2) is 78.9 Å². The molecule has 3 aromatic carbocycles. The van der Waals surface area contributed by atoms with Crippen molar-refractivity contribution in [2.45, 2.75) is 6.54 Å². The Kier molecular flexibility index (Phi) is 6.19. The minimum absolute atomic E-state index is 0. The van der Waals surface area contributed by atoms with Crippen molar-refractivity contribution in [3.8, 4) is 0 Å². The topological polar surface area (TPSA) is 0 Å². The molecular weight excluding hydrogens is 314 g/mol. The molecule has 0 saturated heterocycles. The van der Waals surface area contributed by atoms with Crippen LogP contribution in [0.25, 0.3) is 16.8 Å². The maximum atomic E-state index is 2.29. The highest BCUT2D eigenvalue weighted by Crippen LogP contribution is 2.21. The van der Waals surface area contributed by atoms with Gasteiger partial charge in [0.05, 0.1) is 20.6 Å². The molecule has 3 aromatic rings. The van der Waals surface area contributed by atoms with Gasteiger partial charge in [0, 0.05) is 5.56 Å². The second-order valence-electron chi connectivity index (χ2n) is 6.73. The van der Waals surface area contributed by atoms with Crippen molar-refractivity contribution in [3.63, 3.8) is 0 Å². The van der Waals surface area contributed by atoms with Crippen molar-refractivity contribution < 1.29 is 16.9 Å². The predicted molar refractivity (Wildman–Crippen MR) is 100 cm³/mol. The summed E-state index contributed by atoms with van der Waals surface area (Å²) in [4.78, 5) is 0. The summed E-state index contributed by atoms with van der Waals surface area (Å²) in [5.74, 6) is 0. The summed E-state index contributed by atoms with van der Waals surface area (Å²) in [5, 5.41) is 2.69. The first-order chi connectivity index (χ1) is 11.1. The molecule has 124 valence electrons. The minimum Gasteiger partial charge on any atom is -1.00 e. The Morgan fingerprint density at radius 3 is 2.25 bits per heavy atom. The van der Waals surface area contributed by atoms with Gasteiger partial charge in [0.1, 0.15) is 6.54 Å². The fraction of sp³-hybridized carbons (Fsp3) is 0.182. The van der Waals surface area contributed by atoms with Crippen molar-refractivity contribution in [1.82, 2.24) is 0 Å². The van der Waals surface area contributed by atoms with E-state index in [0.717, 1.165) is 17.6 Å². The van der Waals surface area contributed by atoms with Crippen LogP contribution in [0.2, 0.25) is 0 Å². The molecule has 0 aliphatic heterocycles. The molecule has 0 atom stereocenters. The molecule has 24 heavy (non-hydrogen) atoms.